The van der Waals surface area contributed by atoms with Crippen LogP contribution in [0.4, 0.5) is 0 Å². The quantitative estimate of drug-likeness (QED) is 0.542. The summed E-state index contributed by atoms with van der Waals surface area (Å²) in [6.45, 7) is 4.56. The van der Waals surface area contributed by atoms with Crippen LogP contribution in [0.2, 0.25) is 0 Å². The van der Waals surface area contributed by atoms with E-state index in [0.717, 1.165) is 53.9 Å². The average Bonchev–Trinajstić information content (AvgIpc) is 3.42. The molecule has 1 aromatic carbocycles. The van der Waals surface area contributed by atoms with E-state index in [9.17, 15) is 4.79 Å². The summed E-state index contributed by atoms with van der Waals surface area (Å²) in [7, 11) is 0. The second kappa shape index (κ2) is 8.92. The van der Waals surface area contributed by atoms with Crippen molar-refractivity contribution >= 4 is 29.0 Å². The van der Waals surface area contributed by atoms with E-state index in [0.29, 0.717) is 0 Å². The lowest BCUT2D eigenvalue weighted by atomic mass is 10.1. The summed E-state index contributed by atoms with van der Waals surface area (Å²) in [5, 5.41) is 11.4. The Bertz CT molecular complexity index is 902. The van der Waals surface area contributed by atoms with Crippen LogP contribution in [-0.2, 0) is 11.3 Å². The summed E-state index contributed by atoms with van der Waals surface area (Å²) < 4.78 is 2.11. The van der Waals surface area contributed by atoms with Gasteiger partial charge in [0.05, 0.1) is 4.88 Å². The van der Waals surface area contributed by atoms with Crippen molar-refractivity contribution < 1.29 is 4.79 Å². The molecule has 1 atom stereocenters. The molecular formula is C21H24N4OS2. The lowest BCUT2D eigenvalue weighted by Gasteiger charge is -2.30. The maximum Gasteiger partial charge on any atom is 0.240 e. The Morgan fingerprint density at radius 3 is 2.57 bits per heavy atom. The molecule has 1 amide bonds. The molecule has 0 saturated carbocycles. The van der Waals surface area contributed by atoms with Gasteiger partial charge >= 0.3 is 0 Å². The van der Waals surface area contributed by atoms with E-state index in [4.69, 9.17) is 0 Å². The summed E-state index contributed by atoms with van der Waals surface area (Å²) >= 11 is 3.17. The SMILES string of the molecule is CCn1c(S[C@H](C(=O)N2CCCCC2)c2ccccc2)nnc1-c1cccs1. The second-order valence-corrected chi connectivity index (χ2v) is 8.84. The third-order valence-electron chi connectivity index (χ3n) is 4.99. The highest BCUT2D eigenvalue weighted by Gasteiger charge is 2.30. The lowest BCUT2D eigenvalue weighted by molar-refractivity contribution is -0.131. The highest BCUT2D eigenvalue weighted by Crippen LogP contribution is 2.38. The number of thiophene rings is 1. The first-order valence-electron chi connectivity index (χ1n) is 9.75. The molecule has 3 heterocycles. The molecule has 0 radical (unpaired) electrons. The minimum absolute atomic E-state index is 0.180. The molecule has 0 aliphatic carbocycles. The number of piperidine rings is 1. The number of amides is 1. The molecule has 0 spiro atoms. The molecule has 0 N–H and O–H groups in total. The average molecular weight is 413 g/mol. The molecule has 1 saturated heterocycles. The van der Waals surface area contributed by atoms with Gasteiger partial charge < -0.3 is 9.47 Å². The first-order chi connectivity index (χ1) is 13.8. The van der Waals surface area contributed by atoms with Gasteiger partial charge in [-0.2, -0.15) is 0 Å². The van der Waals surface area contributed by atoms with Crippen LogP contribution in [0.15, 0.2) is 53.0 Å². The maximum absolute atomic E-state index is 13.4. The number of carbonyl (C=O) groups excluding carboxylic acids is 1. The van der Waals surface area contributed by atoms with Crippen LogP contribution < -0.4 is 0 Å². The molecule has 0 unspecified atom stereocenters. The van der Waals surface area contributed by atoms with Gasteiger partial charge in [0.2, 0.25) is 5.91 Å². The van der Waals surface area contributed by atoms with Gasteiger partial charge in [0, 0.05) is 19.6 Å². The fraction of sp³-hybridized carbons (Fsp3) is 0.381. The first-order valence-corrected chi connectivity index (χ1v) is 11.5. The second-order valence-electron chi connectivity index (χ2n) is 6.82. The fourth-order valence-corrected chi connectivity index (χ4v) is 5.43. The lowest BCUT2D eigenvalue weighted by Crippen LogP contribution is -2.38. The predicted molar refractivity (Wildman–Crippen MR) is 114 cm³/mol. The zero-order chi connectivity index (χ0) is 19.3. The molecule has 1 aliphatic heterocycles. The van der Waals surface area contributed by atoms with E-state index < -0.39 is 0 Å². The largest absolute Gasteiger partial charge is 0.341 e. The number of carbonyl (C=O) groups is 1. The Balaban J connectivity index is 1.65. The number of thioether (sulfide) groups is 1. The maximum atomic E-state index is 13.4. The van der Waals surface area contributed by atoms with Crippen molar-refractivity contribution in [1.82, 2.24) is 19.7 Å². The Hall–Kier alpha value is -2.12. The van der Waals surface area contributed by atoms with Crippen LogP contribution >= 0.6 is 23.1 Å². The molecule has 1 aliphatic rings. The third-order valence-corrected chi connectivity index (χ3v) is 7.08. The van der Waals surface area contributed by atoms with E-state index >= 15 is 0 Å². The normalized spacial score (nSPS) is 15.5. The van der Waals surface area contributed by atoms with Crippen molar-refractivity contribution in [2.45, 2.75) is 43.1 Å². The van der Waals surface area contributed by atoms with Crippen LogP contribution in [0.25, 0.3) is 10.7 Å². The Morgan fingerprint density at radius 1 is 1.11 bits per heavy atom. The number of hydrogen-bond acceptors (Lipinski definition) is 5. The number of likely N-dealkylation sites (tertiary alicyclic amines) is 1. The number of nitrogens with zero attached hydrogens (tertiary/aromatic N) is 4. The molecule has 7 heteroatoms. The van der Waals surface area contributed by atoms with Crippen LogP contribution in [0.5, 0.6) is 0 Å². The van der Waals surface area contributed by atoms with Crippen molar-refractivity contribution in [2.24, 2.45) is 0 Å². The van der Waals surface area contributed by atoms with Gasteiger partial charge in [-0.15, -0.1) is 21.5 Å². The minimum atomic E-state index is -0.301. The highest BCUT2D eigenvalue weighted by molar-refractivity contribution is 8.00. The molecule has 1 fully saturated rings. The van der Waals surface area contributed by atoms with Crippen molar-refractivity contribution in [3.63, 3.8) is 0 Å². The number of hydrogen-bond donors (Lipinski definition) is 0. The molecule has 28 heavy (non-hydrogen) atoms. The Kier molecular flexibility index (Phi) is 6.12. The summed E-state index contributed by atoms with van der Waals surface area (Å²) in [6.07, 6.45) is 3.39. The topological polar surface area (TPSA) is 51.0 Å². The van der Waals surface area contributed by atoms with E-state index in [1.165, 1.54) is 18.2 Å². The van der Waals surface area contributed by atoms with Gasteiger partial charge in [0.15, 0.2) is 11.0 Å². The fourth-order valence-electron chi connectivity index (χ4n) is 3.52. The van der Waals surface area contributed by atoms with Gasteiger partial charge in [0.25, 0.3) is 0 Å². The Labute approximate surface area is 173 Å². The van der Waals surface area contributed by atoms with Crippen molar-refractivity contribution in [3.8, 4) is 10.7 Å². The van der Waals surface area contributed by atoms with E-state index in [1.54, 1.807) is 11.3 Å². The molecule has 2 aromatic heterocycles. The van der Waals surface area contributed by atoms with Gasteiger partial charge in [-0.05, 0) is 43.2 Å². The number of rotatable bonds is 6. The standard InChI is InChI=1S/C21H24N4OS2/c1-2-25-19(17-12-9-15-27-17)22-23-21(25)28-18(16-10-5-3-6-11-16)20(26)24-13-7-4-8-14-24/h3,5-6,9-12,15,18H,2,4,7-8,13-14H2,1H3/t18-/m0/s1. The monoisotopic (exact) mass is 412 g/mol. The molecule has 0 bridgehead atoms. The summed E-state index contributed by atoms with van der Waals surface area (Å²) in [5.74, 6) is 1.05. The van der Waals surface area contributed by atoms with Crippen LogP contribution in [-0.4, -0.2) is 38.7 Å². The van der Waals surface area contributed by atoms with Crippen molar-refractivity contribution in [2.75, 3.05) is 13.1 Å². The van der Waals surface area contributed by atoms with Crippen LogP contribution in [0.3, 0.4) is 0 Å². The zero-order valence-corrected chi connectivity index (χ0v) is 17.6. The molecule has 4 rings (SSSR count). The molecule has 146 valence electrons. The minimum Gasteiger partial charge on any atom is -0.341 e. The Morgan fingerprint density at radius 2 is 1.89 bits per heavy atom. The van der Waals surface area contributed by atoms with E-state index in [-0.39, 0.29) is 11.2 Å². The van der Waals surface area contributed by atoms with Crippen molar-refractivity contribution in [1.29, 1.82) is 0 Å². The zero-order valence-electron chi connectivity index (χ0n) is 16.0. The van der Waals surface area contributed by atoms with Crippen molar-refractivity contribution in [3.05, 3.63) is 53.4 Å². The molecule has 5 nitrogen and oxygen atoms in total. The summed E-state index contributed by atoms with van der Waals surface area (Å²) in [4.78, 5) is 16.5. The summed E-state index contributed by atoms with van der Waals surface area (Å²) in [6, 6.07) is 14.1. The molecular weight excluding hydrogens is 388 g/mol. The van der Waals surface area contributed by atoms with Gasteiger partial charge in [0.1, 0.15) is 5.25 Å². The number of aromatic nitrogens is 3. The highest BCUT2D eigenvalue weighted by atomic mass is 32.2. The van der Waals surface area contributed by atoms with Crippen LogP contribution in [0, 0.1) is 0 Å². The third kappa shape index (κ3) is 4.00. The summed E-state index contributed by atoms with van der Waals surface area (Å²) in [5.41, 5.74) is 1.02. The van der Waals surface area contributed by atoms with Gasteiger partial charge in [-0.25, -0.2) is 0 Å². The van der Waals surface area contributed by atoms with Gasteiger partial charge in [-0.3, -0.25) is 4.79 Å². The van der Waals surface area contributed by atoms with E-state index in [1.807, 2.05) is 46.7 Å². The van der Waals surface area contributed by atoms with Crippen LogP contribution in [0.1, 0.15) is 37.0 Å². The number of benzene rings is 1. The molecule has 3 aromatic rings. The van der Waals surface area contributed by atoms with Gasteiger partial charge in [-0.1, -0.05) is 48.2 Å². The first kappa shape index (κ1) is 19.2. The predicted octanol–water partition coefficient (Wildman–Crippen LogP) is 4.87. The van der Waals surface area contributed by atoms with E-state index in [2.05, 4.69) is 27.8 Å². The smallest absolute Gasteiger partial charge is 0.240 e.